The van der Waals surface area contributed by atoms with Crippen molar-refractivity contribution in [2.24, 2.45) is 4.99 Å². The number of rotatable bonds is 7. The number of imidazole rings is 1. The zero-order valence-corrected chi connectivity index (χ0v) is 16.6. The number of hydrogen-bond donors (Lipinski definition) is 2. The van der Waals surface area contributed by atoms with Gasteiger partial charge in [-0.3, -0.25) is 9.56 Å². The van der Waals surface area contributed by atoms with Crippen LogP contribution in [0.4, 0.5) is 8.78 Å². The molecule has 0 aliphatic heterocycles. The van der Waals surface area contributed by atoms with E-state index in [-0.39, 0.29) is 36.3 Å². The number of nitrogens with zero attached hydrogens (tertiary/aromatic N) is 4. The molecule has 2 aromatic heterocycles. The zero-order valence-electron chi connectivity index (χ0n) is 13.5. The zero-order chi connectivity index (χ0) is 16.7. The molecule has 0 saturated heterocycles. The summed E-state index contributed by atoms with van der Waals surface area (Å²) >= 11 is 1.70. The van der Waals surface area contributed by atoms with E-state index in [1.807, 2.05) is 6.20 Å². The molecule has 0 aromatic carbocycles. The molecule has 134 valence electrons. The van der Waals surface area contributed by atoms with Crippen LogP contribution in [0.25, 0.3) is 0 Å². The van der Waals surface area contributed by atoms with Gasteiger partial charge in [-0.1, -0.05) is 6.92 Å². The summed E-state index contributed by atoms with van der Waals surface area (Å²) in [4.78, 5) is 13.6. The van der Waals surface area contributed by atoms with Crippen molar-refractivity contribution in [3.8, 4) is 0 Å². The number of aromatic nitrogens is 3. The maximum Gasteiger partial charge on any atom is 0.319 e. The number of halogens is 3. The number of aryl methyl sites for hydroxylation is 1. The van der Waals surface area contributed by atoms with Gasteiger partial charge in [0, 0.05) is 43.5 Å². The highest BCUT2D eigenvalue weighted by Crippen LogP contribution is 2.13. The van der Waals surface area contributed by atoms with Crippen LogP contribution in [0, 0.1) is 0 Å². The first kappa shape index (κ1) is 20.7. The Kier molecular flexibility index (Phi) is 9.11. The van der Waals surface area contributed by atoms with Crippen LogP contribution < -0.4 is 10.6 Å². The van der Waals surface area contributed by atoms with Crippen LogP contribution in [0.2, 0.25) is 0 Å². The molecule has 0 atom stereocenters. The number of hydrogen-bond acceptors (Lipinski definition) is 4. The summed E-state index contributed by atoms with van der Waals surface area (Å²) in [6.45, 7) is 0.348. The highest BCUT2D eigenvalue weighted by Gasteiger charge is 2.11. The quantitative estimate of drug-likeness (QED) is 0.371. The number of aliphatic imine (C=N–C) groups is 1. The third kappa shape index (κ3) is 5.96. The van der Waals surface area contributed by atoms with Crippen LogP contribution in [0.15, 0.2) is 23.6 Å². The van der Waals surface area contributed by atoms with Gasteiger partial charge in [0.2, 0.25) is 0 Å². The van der Waals surface area contributed by atoms with E-state index in [1.54, 1.807) is 18.4 Å². The number of thiazole rings is 1. The summed E-state index contributed by atoms with van der Waals surface area (Å²) in [6.07, 6.45) is 6.29. The molecule has 0 fully saturated rings. The third-order valence-electron chi connectivity index (χ3n) is 3.18. The normalized spacial score (nSPS) is 11.5. The topological polar surface area (TPSA) is 67.1 Å². The number of alkyl halides is 2. The Labute approximate surface area is 160 Å². The van der Waals surface area contributed by atoms with E-state index in [0.29, 0.717) is 12.5 Å². The van der Waals surface area contributed by atoms with Crippen molar-refractivity contribution < 1.29 is 8.78 Å². The molecule has 24 heavy (non-hydrogen) atoms. The minimum absolute atomic E-state index is 0. The second-order valence-corrected chi connectivity index (χ2v) is 5.90. The van der Waals surface area contributed by atoms with E-state index in [9.17, 15) is 8.78 Å². The van der Waals surface area contributed by atoms with Crippen LogP contribution in [0.3, 0.4) is 0 Å². The first-order chi connectivity index (χ1) is 11.1. The average Bonchev–Trinajstić information content (AvgIpc) is 3.19. The van der Waals surface area contributed by atoms with E-state index in [1.165, 1.54) is 17.3 Å². The molecule has 10 heteroatoms. The summed E-state index contributed by atoms with van der Waals surface area (Å²) in [5.74, 6) is 0.802. The molecule has 0 radical (unpaired) electrons. The molecule has 0 bridgehead atoms. The molecule has 6 nitrogen and oxygen atoms in total. The van der Waals surface area contributed by atoms with Gasteiger partial charge in [0.1, 0.15) is 5.82 Å². The van der Waals surface area contributed by atoms with E-state index in [0.717, 1.165) is 22.4 Å². The third-order valence-corrected chi connectivity index (χ3v) is 4.38. The highest BCUT2D eigenvalue weighted by atomic mass is 127. The fourth-order valence-corrected chi connectivity index (χ4v) is 2.82. The molecular formula is C14H21F2IN6S. The van der Waals surface area contributed by atoms with Crippen molar-refractivity contribution in [3.63, 3.8) is 0 Å². The second kappa shape index (κ2) is 10.5. The SMILES string of the molecule is CCc1cnc(CCNC(=NC)NCc2nccn2C(F)F)s1.I. The first-order valence-corrected chi connectivity index (χ1v) is 8.13. The predicted octanol–water partition coefficient (Wildman–Crippen LogP) is 2.82. The first-order valence-electron chi connectivity index (χ1n) is 7.32. The minimum atomic E-state index is -2.60. The van der Waals surface area contributed by atoms with Crippen LogP contribution in [0.5, 0.6) is 0 Å². The summed E-state index contributed by atoms with van der Waals surface area (Å²) < 4.78 is 26.3. The van der Waals surface area contributed by atoms with E-state index >= 15 is 0 Å². The van der Waals surface area contributed by atoms with Gasteiger partial charge in [0.25, 0.3) is 0 Å². The number of guanidine groups is 1. The maximum atomic E-state index is 12.7. The highest BCUT2D eigenvalue weighted by molar-refractivity contribution is 14.0. The van der Waals surface area contributed by atoms with Gasteiger partial charge in [0.15, 0.2) is 5.96 Å². The van der Waals surface area contributed by atoms with Crippen LogP contribution >= 0.6 is 35.3 Å². The molecule has 0 unspecified atom stereocenters. The molecule has 2 aromatic rings. The predicted molar refractivity (Wildman–Crippen MR) is 102 cm³/mol. The van der Waals surface area contributed by atoms with Gasteiger partial charge in [-0.15, -0.1) is 35.3 Å². The standard InChI is InChI=1S/C14H20F2N6S.HI/c1-3-10-8-20-12(23-10)4-5-19-14(17-2)21-9-11-18-6-7-22(11)13(15)16;/h6-8,13H,3-5,9H2,1-2H3,(H2,17,19,21);1H. The Morgan fingerprint density at radius 3 is 2.79 bits per heavy atom. The fourth-order valence-electron chi connectivity index (χ4n) is 1.96. The molecule has 2 heterocycles. The van der Waals surface area contributed by atoms with Crippen molar-refractivity contribution in [2.75, 3.05) is 13.6 Å². The fraction of sp³-hybridized carbons (Fsp3) is 0.500. The van der Waals surface area contributed by atoms with Gasteiger partial charge in [-0.2, -0.15) is 8.78 Å². The molecule has 2 rings (SSSR count). The van der Waals surface area contributed by atoms with Gasteiger partial charge >= 0.3 is 6.55 Å². The molecule has 0 amide bonds. The summed E-state index contributed by atoms with van der Waals surface area (Å²) in [6, 6.07) is 0. The largest absolute Gasteiger partial charge is 0.356 e. The lowest BCUT2D eigenvalue weighted by atomic mass is 10.4. The van der Waals surface area contributed by atoms with Gasteiger partial charge in [-0.05, 0) is 6.42 Å². The molecule has 2 N–H and O–H groups in total. The van der Waals surface area contributed by atoms with Crippen molar-refractivity contribution >= 4 is 41.3 Å². The number of nitrogens with one attached hydrogen (secondary N) is 2. The Bertz CT molecular complexity index is 643. The van der Waals surface area contributed by atoms with Gasteiger partial charge < -0.3 is 10.6 Å². The van der Waals surface area contributed by atoms with E-state index in [4.69, 9.17) is 0 Å². The Balaban J connectivity index is 0.00000288. The van der Waals surface area contributed by atoms with Crippen molar-refractivity contribution in [3.05, 3.63) is 34.3 Å². The van der Waals surface area contributed by atoms with E-state index in [2.05, 4.69) is 32.5 Å². The molecule has 0 spiro atoms. The van der Waals surface area contributed by atoms with Crippen molar-refractivity contribution in [1.82, 2.24) is 25.2 Å². The summed E-state index contributed by atoms with van der Waals surface area (Å²) in [5.41, 5.74) is 0. The smallest absolute Gasteiger partial charge is 0.319 e. The van der Waals surface area contributed by atoms with Crippen molar-refractivity contribution in [2.45, 2.75) is 32.9 Å². The lowest BCUT2D eigenvalue weighted by Crippen LogP contribution is -2.38. The second-order valence-electron chi connectivity index (χ2n) is 4.70. The minimum Gasteiger partial charge on any atom is -0.356 e. The molecule has 0 saturated carbocycles. The summed E-state index contributed by atoms with van der Waals surface area (Å²) in [7, 11) is 1.63. The Morgan fingerprint density at radius 2 is 2.17 bits per heavy atom. The maximum absolute atomic E-state index is 12.7. The monoisotopic (exact) mass is 470 g/mol. The van der Waals surface area contributed by atoms with Crippen LogP contribution in [-0.2, 0) is 19.4 Å². The molecular weight excluding hydrogens is 449 g/mol. The van der Waals surface area contributed by atoms with Crippen LogP contribution in [0.1, 0.15) is 29.2 Å². The molecule has 0 aliphatic carbocycles. The van der Waals surface area contributed by atoms with E-state index < -0.39 is 6.55 Å². The van der Waals surface area contributed by atoms with Crippen LogP contribution in [-0.4, -0.2) is 34.1 Å². The summed E-state index contributed by atoms with van der Waals surface area (Å²) in [5, 5.41) is 7.18. The van der Waals surface area contributed by atoms with Crippen molar-refractivity contribution in [1.29, 1.82) is 0 Å². The van der Waals surface area contributed by atoms with Gasteiger partial charge in [-0.25, -0.2) is 9.97 Å². The Morgan fingerprint density at radius 1 is 1.38 bits per heavy atom. The lowest BCUT2D eigenvalue weighted by molar-refractivity contribution is 0.0668. The molecule has 0 aliphatic rings. The average molecular weight is 470 g/mol. The Hall–Kier alpha value is -1.30. The lowest BCUT2D eigenvalue weighted by Gasteiger charge is -2.12. The van der Waals surface area contributed by atoms with Gasteiger partial charge in [0.05, 0.1) is 11.6 Å².